The van der Waals surface area contributed by atoms with Gasteiger partial charge in [-0.15, -0.1) is 0 Å². The van der Waals surface area contributed by atoms with Crippen LogP contribution in [0.25, 0.3) is 11.1 Å². The minimum atomic E-state index is -3.98. The van der Waals surface area contributed by atoms with E-state index < -0.39 is 41.9 Å². The molecule has 2 aromatic rings. The zero-order valence-electron chi connectivity index (χ0n) is 18.8. The lowest BCUT2D eigenvalue weighted by molar-refractivity contribution is -0.167. The second-order valence-corrected chi connectivity index (χ2v) is 8.84. The Labute approximate surface area is 195 Å². The van der Waals surface area contributed by atoms with Crippen molar-refractivity contribution < 1.29 is 33.0 Å². The van der Waals surface area contributed by atoms with Crippen LogP contribution in [0.5, 0.6) is 0 Å². The van der Waals surface area contributed by atoms with E-state index in [4.69, 9.17) is 9.84 Å². The average molecular weight is 472 g/mol. The molecule has 34 heavy (non-hydrogen) atoms. The van der Waals surface area contributed by atoms with Crippen molar-refractivity contribution in [3.63, 3.8) is 0 Å². The number of carbonyl (C=O) groups is 3. The largest absolute Gasteiger partial charge is 0.480 e. The molecule has 1 fully saturated rings. The van der Waals surface area contributed by atoms with E-state index >= 15 is 8.78 Å². The smallest absolute Gasteiger partial charge is 0.407 e. The lowest BCUT2D eigenvalue weighted by Gasteiger charge is -2.31. The maximum Gasteiger partial charge on any atom is 0.407 e. The molecule has 4 rings (SSSR count). The Balaban J connectivity index is 1.45. The molecule has 0 bridgehead atoms. The number of nitrogens with one attached hydrogen (secondary N) is 1. The quantitative estimate of drug-likeness (QED) is 0.608. The number of carboxylic acids is 1. The number of halogens is 2. The number of rotatable bonds is 8. The van der Waals surface area contributed by atoms with Gasteiger partial charge in [-0.2, -0.15) is 8.78 Å². The number of hydrogen-bond acceptors (Lipinski definition) is 4. The molecule has 9 heteroatoms. The van der Waals surface area contributed by atoms with Gasteiger partial charge >= 0.3 is 18.0 Å². The number of hydrogen-bond donors (Lipinski definition) is 2. The molecule has 2 aromatic carbocycles. The van der Waals surface area contributed by atoms with E-state index in [9.17, 15) is 14.4 Å². The number of amides is 2. The van der Waals surface area contributed by atoms with E-state index in [1.807, 2.05) is 48.5 Å². The Bertz CT molecular complexity index is 1070. The third kappa shape index (κ3) is 4.34. The molecule has 2 aliphatic rings. The van der Waals surface area contributed by atoms with Crippen molar-refractivity contribution in [3.8, 4) is 11.1 Å². The minimum Gasteiger partial charge on any atom is -0.480 e. The van der Waals surface area contributed by atoms with Crippen molar-refractivity contribution in [1.82, 2.24) is 10.2 Å². The number of alkyl halides is 2. The number of likely N-dealkylation sites (N-methyl/N-ethyl adjacent to an activating group) is 1. The fraction of sp³-hybridized carbons (Fsp3) is 0.400. The third-order valence-corrected chi connectivity index (χ3v) is 6.64. The summed E-state index contributed by atoms with van der Waals surface area (Å²) in [6.45, 7) is 1.09. The van der Waals surface area contributed by atoms with Gasteiger partial charge in [0.25, 0.3) is 5.91 Å². The van der Waals surface area contributed by atoms with Gasteiger partial charge in [-0.05, 0) is 47.9 Å². The number of aliphatic carboxylic acids is 1. The summed E-state index contributed by atoms with van der Waals surface area (Å²) in [6.07, 6.45) is -0.190. The molecule has 7 nitrogen and oxygen atoms in total. The highest BCUT2D eigenvalue weighted by Gasteiger charge is 2.56. The second kappa shape index (κ2) is 9.04. The number of carbonyl (C=O) groups excluding carboxylic acids is 2. The molecule has 2 unspecified atom stereocenters. The zero-order valence-corrected chi connectivity index (χ0v) is 18.8. The van der Waals surface area contributed by atoms with Crippen LogP contribution in [0.15, 0.2) is 48.5 Å². The summed E-state index contributed by atoms with van der Waals surface area (Å²) in [4.78, 5) is 36.6. The first kappa shape index (κ1) is 23.7. The van der Waals surface area contributed by atoms with Crippen molar-refractivity contribution in [1.29, 1.82) is 0 Å². The van der Waals surface area contributed by atoms with Crippen molar-refractivity contribution >= 4 is 18.0 Å². The topological polar surface area (TPSA) is 95.9 Å². The van der Waals surface area contributed by atoms with Crippen LogP contribution in [-0.2, 0) is 14.3 Å². The maximum absolute atomic E-state index is 15.1. The van der Waals surface area contributed by atoms with Gasteiger partial charge in [0.2, 0.25) is 0 Å². The fourth-order valence-corrected chi connectivity index (χ4v) is 4.41. The van der Waals surface area contributed by atoms with E-state index in [1.165, 1.54) is 0 Å². The molecule has 0 saturated heterocycles. The molecule has 0 aromatic heterocycles. The number of fused-ring (bicyclic) bond motifs is 3. The Hall–Kier alpha value is -3.49. The average Bonchev–Trinajstić information content (AvgIpc) is 3.61. The predicted molar refractivity (Wildman–Crippen MR) is 120 cm³/mol. The number of alkyl carbamates (subject to hydrolysis) is 1. The predicted octanol–water partition coefficient (Wildman–Crippen LogP) is 3.87. The van der Waals surface area contributed by atoms with Crippen LogP contribution < -0.4 is 5.32 Å². The molecule has 2 N–H and O–H groups in total. The van der Waals surface area contributed by atoms with Gasteiger partial charge in [0.15, 0.2) is 0 Å². The first-order chi connectivity index (χ1) is 16.1. The van der Waals surface area contributed by atoms with Gasteiger partial charge in [0, 0.05) is 13.0 Å². The molecule has 2 amide bonds. The first-order valence-electron chi connectivity index (χ1n) is 11.1. The van der Waals surface area contributed by atoms with E-state index in [0.717, 1.165) is 36.2 Å². The van der Waals surface area contributed by atoms with Crippen molar-refractivity contribution in [3.05, 3.63) is 59.7 Å². The molecule has 2 atom stereocenters. The van der Waals surface area contributed by atoms with Crippen molar-refractivity contribution in [2.24, 2.45) is 5.92 Å². The lowest BCUT2D eigenvalue weighted by Crippen LogP contribution is -2.59. The normalized spacial score (nSPS) is 16.7. The van der Waals surface area contributed by atoms with Crippen LogP contribution in [0.3, 0.4) is 0 Å². The fourth-order valence-electron chi connectivity index (χ4n) is 4.41. The molecule has 0 radical (unpaired) electrons. The van der Waals surface area contributed by atoms with E-state index in [0.29, 0.717) is 17.7 Å². The van der Waals surface area contributed by atoms with Crippen LogP contribution in [-0.4, -0.2) is 59.6 Å². The molecular weight excluding hydrogens is 446 g/mol. The van der Waals surface area contributed by atoms with Crippen molar-refractivity contribution in [2.75, 3.05) is 13.7 Å². The van der Waals surface area contributed by atoms with E-state index in [2.05, 4.69) is 5.32 Å². The molecule has 180 valence electrons. The monoisotopic (exact) mass is 472 g/mol. The Kier molecular flexibility index (Phi) is 6.29. The third-order valence-electron chi connectivity index (χ3n) is 6.64. The Morgan fingerprint density at radius 1 is 1.09 bits per heavy atom. The van der Waals surface area contributed by atoms with Gasteiger partial charge in [-0.3, -0.25) is 4.79 Å². The van der Waals surface area contributed by atoms with Gasteiger partial charge in [-0.1, -0.05) is 48.5 Å². The van der Waals surface area contributed by atoms with Gasteiger partial charge in [0.05, 0.1) is 0 Å². The van der Waals surface area contributed by atoms with E-state index in [-0.39, 0.29) is 12.5 Å². The number of ether oxygens (including phenoxy) is 1. The van der Waals surface area contributed by atoms with Crippen LogP contribution in [0.1, 0.15) is 36.8 Å². The molecule has 0 heterocycles. The van der Waals surface area contributed by atoms with Crippen LogP contribution in [0.2, 0.25) is 0 Å². The zero-order chi connectivity index (χ0) is 24.6. The summed E-state index contributed by atoms with van der Waals surface area (Å²) in [5.41, 5.74) is 4.05. The summed E-state index contributed by atoms with van der Waals surface area (Å²) in [6, 6.07) is 12.3. The van der Waals surface area contributed by atoms with Crippen LogP contribution in [0.4, 0.5) is 13.6 Å². The molecular formula is C25H26F2N2O5. The summed E-state index contributed by atoms with van der Waals surface area (Å²) in [7, 11) is 1.01. The van der Waals surface area contributed by atoms with Crippen molar-refractivity contribution in [2.45, 2.75) is 43.7 Å². The molecule has 2 aliphatic carbocycles. The van der Waals surface area contributed by atoms with Gasteiger partial charge < -0.3 is 20.1 Å². The summed E-state index contributed by atoms with van der Waals surface area (Å²) in [5, 5.41) is 11.2. The summed E-state index contributed by atoms with van der Waals surface area (Å²) in [5.74, 6) is -7.86. The van der Waals surface area contributed by atoms with E-state index in [1.54, 1.807) is 0 Å². The Morgan fingerprint density at radius 2 is 1.62 bits per heavy atom. The number of nitrogens with zero attached hydrogens (tertiary/aromatic N) is 1. The SMILES string of the molecule is CC(C(=O)O)N(C)C(=O)C(F)(F)C(NC(=O)OCC1c2ccccc2-c2ccccc21)C1CC1. The molecule has 1 saturated carbocycles. The van der Waals surface area contributed by atoms with Gasteiger partial charge in [0.1, 0.15) is 18.7 Å². The highest BCUT2D eigenvalue weighted by Crippen LogP contribution is 2.45. The lowest BCUT2D eigenvalue weighted by atomic mass is 9.98. The summed E-state index contributed by atoms with van der Waals surface area (Å²) < 4.78 is 35.5. The van der Waals surface area contributed by atoms with Crippen LogP contribution >= 0.6 is 0 Å². The van der Waals surface area contributed by atoms with Gasteiger partial charge in [-0.25, -0.2) is 9.59 Å². The molecule has 0 aliphatic heterocycles. The second-order valence-electron chi connectivity index (χ2n) is 8.84. The highest BCUT2D eigenvalue weighted by molar-refractivity contribution is 5.89. The first-order valence-corrected chi connectivity index (χ1v) is 11.1. The number of carboxylic acid groups (broad SMARTS) is 1. The number of benzene rings is 2. The van der Waals surface area contributed by atoms with Crippen LogP contribution in [0, 0.1) is 5.92 Å². The molecule has 0 spiro atoms. The highest BCUT2D eigenvalue weighted by atomic mass is 19.3. The summed E-state index contributed by atoms with van der Waals surface area (Å²) >= 11 is 0. The Morgan fingerprint density at radius 3 is 2.12 bits per heavy atom. The minimum absolute atomic E-state index is 0.0489. The standard InChI is InChI=1S/C25H26F2N2O5/c1-14(22(30)31)29(2)23(32)25(26,27)21(15-11-12-15)28-24(33)34-13-20-18-9-5-3-7-16(18)17-8-4-6-10-19(17)20/h3-10,14-15,20-21H,11-13H2,1-2H3,(H,28,33)(H,30,31). The maximum atomic E-state index is 15.1.